The Balaban J connectivity index is 2.01. The maximum atomic E-state index is 12.5. The minimum absolute atomic E-state index is 0.128. The predicted octanol–water partition coefficient (Wildman–Crippen LogP) is 1.14. The molecular formula is C14H24N2O4. The average molecular weight is 284 g/mol. The zero-order valence-electron chi connectivity index (χ0n) is 12.0. The van der Waals surface area contributed by atoms with Crippen LogP contribution >= 0.6 is 0 Å². The second-order valence-corrected chi connectivity index (χ2v) is 5.87. The van der Waals surface area contributed by atoms with Crippen LogP contribution in [0.5, 0.6) is 0 Å². The summed E-state index contributed by atoms with van der Waals surface area (Å²) in [6.45, 7) is 3.67. The van der Waals surface area contributed by atoms with E-state index in [9.17, 15) is 14.7 Å². The molecule has 2 amide bonds. The molecule has 0 saturated carbocycles. The van der Waals surface area contributed by atoms with Gasteiger partial charge in [-0.15, -0.1) is 0 Å². The lowest BCUT2D eigenvalue weighted by Gasteiger charge is -2.29. The number of carboxylic acid groups (broad SMARTS) is 1. The van der Waals surface area contributed by atoms with Gasteiger partial charge in [0.1, 0.15) is 6.04 Å². The van der Waals surface area contributed by atoms with E-state index in [1.54, 1.807) is 4.90 Å². The second kappa shape index (κ2) is 6.43. The highest BCUT2D eigenvalue weighted by Crippen LogP contribution is 2.24. The fraction of sp³-hybridized carbons (Fsp3) is 0.857. The number of rotatable bonds is 2. The molecule has 20 heavy (non-hydrogen) atoms. The number of hydrogen-bond acceptors (Lipinski definition) is 3. The van der Waals surface area contributed by atoms with Crippen LogP contribution in [0.3, 0.4) is 0 Å². The summed E-state index contributed by atoms with van der Waals surface area (Å²) < 4.78 is 0. The molecule has 114 valence electrons. The molecule has 0 spiro atoms. The molecule has 0 bridgehead atoms. The number of aliphatic hydroxyl groups excluding tert-OH is 1. The first kappa shape index (κ1) is 15.1. The van der Waals surface area contributed by atoms with Gasteiger partial charge in [0.15, 0.2) is 0 Å². The molecule has 2 aliphatic heterocycles. The molecule has 0 aliphatic carbocycles. The third kappa shape index (κ3) is 3.23. The van der Waals surface area contributed by atoms with E-state index < -0.39 is 18.1 Å². The fourth-order valence-electron chi connectivity index (χ4n) is 3.21. The number of carbonyl (C=O) groups excluding carboxylic acids is 1. The number of hydrogen-bond donors (Lipinski definition) is 2. The molecule has 0 aromatic carbocycles. The minimum Gasteiger partial charge on any atom is -0.480 e. The van der Waals surface area contributed by atoms with E-state index in [-0.39, 0.29) is 19.0 Å². The lowest BCUT2D eigenvalue weighted by Crippen LogP contribution is -2.48. The number of carbonyl (C=O) groups is 2. The Bertz CT molecular complexity index is 374. The lowest BCUT2D eigenvalue weighted by atomic mass is 9.98. The van der Waals surface area contributed by atoms with Crippen LogP contribution in [0.1, 0.15) is 39.0 Å². The van der Waals surface area contributed by atoms with Crippen molar-refractivity contribution in [1.82, 2.24) is 9.80 Å². The summed E-state index contributed by atoms with van der Waals surface area (Å²) in [4.78, 5) is 26.7. The molecule has 2 rings (SSSR count). The molecule has 2 N–H and O–H groups in total. The van der Waals surface area contributed by atoms with Crippen molar-refractivity contribution in [2.75, 3.05) is 19.6 Å². The van der Waals surface area contributed by atoms with E-state index in [2.05, 4.69) is 6.92 Å². The van der Waals surface area contributed by atoms with Gasteiger partial charge in [0.25, 0.3) is 0 Å². The van der Waals surface area contributed by atoms with Crippen molar-refractivity contribution in [3.63, 3.8) is 0 Å². The van der Waals surface area contributed by atoms with Crippen LogP contribution < -0.4 is 0 Å². The lowest BCUT2D eigenvalue weighted by molar-refractivity contribution is -0.141. The molecule has 0 aromatic rings. The first-order chi connectivity index (χ1) is 9.52. The second-order valence-electron chi connectivity index (χ2n) is 5.87. The number of amides is 2. The molecular weight excluding hydrogens is 260 g/mol. The summed E-state index contributed by atoms with van der Waals surface area (Å²) in [5, 5.41) is 18.8. The monoisotopic (exact) mass is 284 g/mol. The molecule has 2 saturated heterocycles. The Morgan fingerprint density at radius 3 is 2.65 bits per heavy atom. The molecule has 0 radical (unpaired) electrons. The number of urea groups is 1. The fourth-order valence-corrected chi connectivity index (χ4v) is 3.21. The van der Waals surface area contributed by atoms with E-state index in [0.29, 0.717) is 19.0 Å². The summed E-state index contributed by atoms with van der Waals surface area (Å²) in [6, 6.07) is -1.12. The van der Waals surface area contributed by atoms with E-state index >= 15 is 0 Å². The van der Waals surface area contributed by atoms with Crippen molar-refractivity contribution in [3.05, 3.63) is 0 Å². The maximum absolute atomic E-state index is 12.5. The topological polar surface area (TPSA) is 81.1 Å². The molecule has 6 heteroatoms. The van der Waals surface area contributed by atoms with Crippen LogP contribution in [0.25, 0.3) is 0 Å². The minimum atomic E-state index is -1.03. The largest absolute Gasteiger partial charge is 0.480 e. The molecule has 6 nitrogen and oxygen atoms in total. The maximum Gasteiger partial charge on any atom is 0.326 e. The first-order valence-electron chi connectivity index (χ1n) is 7.49. The number of likely N-dealkylation sites (tertiary alicyclic amines) is 2. The van der Waals surface area contributed by atoms with Crippen molar-refractivity contribution in [2.45, 2.75) is 51.2 Å². The molecule has 2 aliphatic rings. The quantitative estimate of drug-likeness (QED) is 0.796. The normalized spacial score (nSPS) is 31.2. The molecule has 2 fully saturated rings. The number of aliphatic carboxylic acids is 1. The van der Waals surface area contributed by atoms with Gasteiger partial charge < -0.3 is 20.0 Å². The SMILES string of the molecule is CCC1CCCN(C(=O)N2CC(O)C[C@H]2C(=O)O)CC1. The van der Waals surface area contributed by atoms with E-state index in [1.807, 2.05) is 0 Å². The van der Waals surface area contributed by atoms with Crippen LogP contribution in [0, 0.1) is 5.92 Å². The molecule has 3 atom stereocenters. The van der Waals surface area contributed by atoms with Crippen LogP contribution in [0.2, 0.25) is 0 Å². The van der Waals surface area contributed by atoms with Gasteiger partial charge in [-0.1, -0.05) is 13.3 Å². The zero-order valence-corrected chi connectivity index (χ0v) is 12.0. The van der Waals surface area contributed by atoms with Gasteiger partial charge in [0.05, 0.1) is 6.10 Å². The van der Waals surface area contributed by atoms with Crippen LogP contribution in [0.15, 0.2) is 0 Å². The Labute approximate surface area is 119 Å². The van der Waals surface area contributed by atoms with Gasteiger partial charge in [0, 0.05) is 26.1 Å². The van der Waals surface area contributed by atoms with Crippen molar-refractivity contribution < 1.29 is 19.8 Å². The Kier molecular flexibility index (Phi) is 4.86. The zero-order chi connectivity index (χ0) is 14.7. The highest BCUT2D eigenvalue weighted by Gasteiger charge is 2.40. The molecule has 2 unspecified atom stereocenters. The summed E-state index contributed by atoms with van der Waals surface area (Å²) in [5.74, 6) is -0.372. The predicted molar refractivity (Wildman–Crippen MR) is 73.4 cm³/mol. The summed E-state index contributed by atoms with van der Waals surface area (Å²) in [5.41, 5.74) is 0. The van der Waals surface area contributed by atoms with E-state index in [0.717, 1.165) is 25.7 Å². The Hall–Kier alpha value is -1.30. The van der Waals surface area contributed by atoms with Crippen molar-refractivity contribution in [1.29, 1.82) is 0 Å². The number of aliphatic hydroxyl groups is 1. The third-order valence-electron chi connectivity index (χ3n) is 4.51. The van der Waals surface area contributed by atoms with Crippen LogP contribution in [0.4, 0.5) is 4.79 Å². The smallest absolute Gasteiger partial charge is 0.326 e. The van der Waals surface area contributed by atoms with Crippen molar-refractivity contribution in [2.24, 2.45) is 5.92 Å². The van der Waals surface area contributed by atoms with Gasteiger partial charge in [-0.3, -0.25) is 0 Å². The standard InChI is InChI=1S/C14H24N2O4/c1-2-10-4-3-6-15(7-5-10)14(20)16-9-11(17)8-12(16)13(18)19/h10-12,17H,2-9H2,1H3,(H,18,19)/t10?,11?,12-/m0/s1. The Morgan fingerprint density at radius 1 is 1.25 bits per heavy atom. The summed E-state index contributed by atoms with van der Waals surface area (Å²) >= 11 is 0. The van der Waals surface area contributed by atoms with Crippen molar-refractivity contribution >= 4 is 12.0 Å². The third-order valence-corrected chi connectivity index (χ3v) is 4.51. The first-order valence-corrected chi connectivity index (χ1v) is 7.49. The summed E-state index contributed by atoms with van der Waals surface area (Å²) in [7, 11) is 0. The van der Waals surface area contributed by atoms with Gasteiger partial charge in [-0.2, -0.15) is 0 Å². The Morgan fingerprint density at radius 2 is 2.00 bits per heavy atom. The van der Waals surface area contributed by atoms with Crippen LogP contribution in [-0.4, -0.2) is 63.8 Å². The van der Waals surface area contributed by atoms with Crippen LogP contribution in [-0.2, 0) is 4.79 Å². The molecule has 0 aromatic heterocycles. The van der Waals surface area contributed by atoms with Gasteiger partial charge in [0.2, 0.25) is 0 Å². The number of carboxylic acids is 1. The highest BCUT2D eigenvalue weighted by molar-refractivity contribution is 5.83. The van der Waals surface area contributed by atoms with Gasteiger partial charge >= 0.3 is 12.0 Å². The average Bonchev–Trinajstić information content (AvgIpc) is 2.67. The summed E-state index contributed by atoms with van der Waals surface area (Å²) in [6.07, 6.45) is 3.62. The number of nitrogens with zero attached hydrogens (tertiary/aromatic N) is 2. The van der Waals surface area contributed by atoms with Gasteiger partial charge in [-0.25, -0.2) is 9.59 Å². The number of β-amino-alcohol motifs (C(OH)–C–C–N with tert-alkyl or cyclic N) is 1. The van der Waals surface area contributed by atoms with E-state index in [1.165, 1.54) is 4.90 Å². The van der Waals surface area contributed by atoms with Crippen molar-refractivity contribution in [3.8, 4) is 0 Å². The van der Waals surface area contributed by atoms with Gasteiger partial charge in [-0.05, 0) is 25.2 Å². The highest BCUT2D eigenvalue weighted by atomic mass is 16.4. The molecule has 2 heterocycles. The van der Waals surface area contributed by atoms with E-state index in [4.69, 9.17) is 5.11 Å².